The number of nitrogens with zero attached hydrogens (tertiary/aromatic N) is 2. The van der Waals surface area contributed by atoms with Crippen molar-refractivity contribution in [2.75, 3.05) is 0 Å². The maximum absolute atomic E-state index is 9.80. The molecule has 0 amide bonds. The first kappa shape index (κ1) is 15.7. The number of aromatic hydroxyl groups is 1. The van der Waals surface area contributed by atoms with E-state index in [9.17, 15) is 5.11 Å². The van der Waals surface area contributed by atoms with E-state index in [1.165, 1.54) is 34.7 Å². The Balaban J connectivity index is 1.55. The molecule has 1 aliphatic rings. The number of aromatic nitrogens is 1. The molecule has 1 saturated carbocycles. The lowest BCUT2D eigenvalue weighted by Crippen LogP contribution is -1.92. The van der Waals surface area contributed by atoms with Crippen molar-refractivity contribution in [1.29, 1.82) is 0 Å². The van der Waals surface area contributed by atoms with Gasteiger partial charge in [-0.2, -0.15) is 0 Å². The number of benzene rings is 2. The number of aliphatic imine (C=N–C) groups is 1. The van der Waals surface area contributed by atoms with E-state index in [4.69, 9.17) is 4.98 Å². The van der Waals surface area contributed by atoms with Gasteiger partial charge in [-0.05, 0) is 43.2 Å². The molecule has 3 nitrogen and oxygen atoms in total. The minimum Gasteiger partial charge on any atom is -0.507 e. The summed E-state index contributed by atoms with van der Waals surface area (Å²) in [5.41, 5.74) is 2.65. The molecule has 1 aromatic heterocycles. The number of phenolic OH excluding ortho intramolecular Hbond substituents is 1. The minimum atomic E-state index is 0.246. The lowest BCUT2D eigenvalue weighted by molar-refractivity contribution is 0.474. The first-order valence-corrected chi connectivity index (χ1v) is 9.87. The molecule has 5 heteroatoms. The van der Waals surface area contributed by atoms with Crippen molar-refractivity contribution in [3.8, 4) is 5.75 Å². The van der Waals surface area contributed by atoms with E-state index in [0.717, 1.165) is 22.0 Å². The van der Waals surface area contributed by atoms with Crippen LogP contribution >= 0.6 is 23.1 Å². The molecule has 1 fully saturated rings. The number of thioether (sulfide) groups is 1. The van der Waals surface area contributed by atoms with E-state index in [2.05, 4.69) is 11.1 Å². The van der Waals surface area contributed by atoms with Crippen LogP contribution in [0.25, 0.3) is 10.2 Å². The van der Waals surface area contributed by atoms with Gasteiger partial charge in [0, 0.05) is 17.0 Å². The number of hydrogen-bond donors (Lipinski definition) is 1. The van der Waals surface area contributed by atoms with Crippen molar-refractivity contribution in [3.05, 3.63) is 48.0 Å². The molecular formula is C19H18N2OS2. The van der Waals surface area contributed by atoms with E-state index in [-0.39, 0.29) is 5.75 Å². The van der Waals surface area contributed by atoms with Crippen LogP contribution < -0.4 is 0 Å². The molecule has 0 atom stereocenters. The molecule has 24 heavy (non-hydrogen) atoms. The highest BCUT2D eigenvalue weighted by Crippen LogP contribution is 2.39. The molecule has 0 radical (unpaired) electrons. The third-order valence-corrected chi connectivity index (χ3v) is 6.66. The summed E-state index contributed by atoms with van der Waals surface area (Å²) in [6.45, 7) is 0. The maximum atomic E-state index is 9.80. The van der Waals surface area contributed by atoms with Crippen LogP contribution in [0.1, 0.15) is 31.2 Å². The molecular weight excluding hydrogens is 336 g/mol. The fourth-order valence-corrected chi connectivity index (χ4v) is 5.52. The van der Waals surface area contributed by atoms with Crippen LogP contribution in [0.4, 0.5) is 5.69 Å². The number of phenols is 1. The van der Waals surface area contributed by atoms with Crippen LogP contribution in [0, 0.1) is 0 Å². The number of fused-ring (bicyclic) bond motifs is 1. The molecule has 1 aliphatic carbocycles. The van der Waals surface area contributed by atoms with Crippen LogP contribution in [-0.2, 0) is 0 Å². The third kappa shape index (κ3) is 3.47. The van der Waals surface area contributed by atoms with Gasteiger partial charge < -0.3 is 5.11 Å². The summed E-state index contributed by atoms with van der Waals surface area (Å²) in [5.74, 6) is 0.246. The zero-order valence-electron chi connectivity index (χ0n) is 13.2. The first-order chi connectivity index (χ1) is 11.8. The van der Waals surface area contributed by atoms with Crippen LogP contribution in [0.2, 0.25) is 0 Å². The molecule has 0 saturated heterocycles. The lowest BCUT2D eigenvalue weighted by Gasteiger charge is -2.03. The molecule has 122 valence electrons. The highest BCUT2D eigenvalue weighted by atomic mass is 32.2. The topological polar surface area (TPSA) is 45.5 Å². The Hall–Kier alpha value is -1.85. The number of hydrogen-bond acceptors (Lipinski definition) is 5. The Kier molecular flexibility index (Phi) is 4.54. The lowest BCUT2D eigenvalue weighted by atomic mass is 10.2. The quantitative estimate of drug-likeness (QED) is 0.603. The van der Waals surface area contributed by atoms with Gasteiger partial charge in [0.05, 0.1) is 15.9 Å². The van der Waals surface area contributed by atoms with Crippen LogP contribution in [0.5, 0.6) is 5.75 Å². The van der Waals surface area contributed by atoms with Gasteiger partial charge in [0.1, 0.15) is 5.75 Å². The standard InChI is InChI=1S/C19H18N2OS2/c22-17-8-4-1-5-13(17)12-20-14-9-10-16-18(11-14)24-19(21-16)23-15-6-2-3-7-15/h1,4-5,8-12,15,22H,2-3,6-7H2. The van der Waals surface area contributed by atoms with Gasteiger partial charge in [-0.25, -0.2) is 4.98 Å². The fraction of sp³-hybridized carbons (Fsp3) is 0.263. The predicted octanol–water partition coefficient (Wildman–Crippen LogP) is 5.79. The molecule has 2 aromatic carbocycles. The zero-order chi connectivity index (χ0) is 16.4. The van der Waals surface area contributed by atoms with Gasteiger partial charge in [-0.1, -0.05) is 36.7 Å². The molecule has 0 unspecified atom stereocenters. The molecule has 4 rings (SSSR count). The maximum Gasteiger partial charge on any atom is 0.151 e. The molecule has 3 aromatic rings. The van der Waals surface area contributed by atoms with Crippen LogP contribution in [-0.4, -0.2) is 21.6 Å². The van der Waals surface area contributed by atoms with Crippen molar-refractivity contribution in [1.82, 2.24) is 4.98 Å². The fourth-order valence-electron chi connectivity index (χ4n) is 2.91. The van der Waals surface area contributed by atoms with Gasteiger partial charge >= 0.3 is 0 Å². The van der Waals surface area contributed by atoms with Crippen LogP contribution in [0.15, 0.2) is 51.8 Å². The van der Waals surface area contributed by atoms with Crippen molar-refractivity contribution >= 4 is 45.2 Å². The summed E-state index contributed by atoms with van der Waals surface area (Å²) in [4.78, 5) is 9.23. The van der Waals surface area contributed by atoms with E-state index in [1.54, 1.807) is 29.7 Å². The second kappa shape index (κ2) is 6.95. The summed E-state index contributed by atoms with van der Waals surface area (Å²) in [5, 5.41) is 10.5. The smallest absolute Gasteiger partial charge is 0.151 e. The Morgan fingerprint density at radius 2 is 2.00 bits per heavy atom. The largest absolute Gasteiger partial charge is 0.507 e. The molecule has 0 bridgehead atoms. The normalized spacial score (nSPS) is 15.7. The van der Waals surface area contributed by atoms with Crippen molar-refractivity contribution < 1.29 is 5.11 Å². The number of para-hydroxylation sites is 1. The van der Waals surface area contributed by atoms with E-state index < -0.39 is 0 Å². The summed E-state index contributed by atoms with van der Waals surface area (Å²) >= 11 is 3.68. The monoisotopic (exact) mass is 354 g/mol. The van der Waals surface area contributed by atoms with E-state index in [0.29, 0.717) is 0 Å². The van der Waals surface area contributed by atoms with Gasteiger partial charge in [-0.3, -0.25) is 4.99 Å². The Bertz CT molecular complexity index is 882. The van der Waals surface area contributed by atoms with Crippen LogP contribution in [0.3, 0.4) is 0 Å². The number of thiazole rings is 1. The van der Waals surface area contributed by atoms with Gasteiger partial charge in [0.2, 0.25) is 0 Å². The SMILES string of the molecule is Oc1ccccc1C=Nc1ccc2nc(SC3CCCC3)sc2c1. The van der Waals surface area contributed by atoms with E-state index >= 15 is 0 Å². The van der Waals surface area contributed by atoms with Crippen molar-refractivity contribution in [2.45, 2.75) is 35.3 Å². The average Bonchev–Trinajstić information content (AvgIpc) is 3.23. The highest BCUT2D eigenvalue weighted by molar-refractivity contribution is 8.01. The van der Waals surface area contributed by atoms with E-state index in [1.807, 2.05) is 36.0 Å². The highest BCUT2D eigenvalue weighted by Gasteiger charge is 2.18. The Labute approximate surface area is 149 Å². The Morgan fingerprint density at radius 1 is 1.17 bits per heavy atom. The predicted molar refractivity (Wildman–Crippen MR) is 103 cm³/mol. The molecule has 0 aliphatic heterocycles. The molecule has 1 heterocycles. The van der Waals surface area contributed by atoms with Gasteiger partial charge in [0.15, 0.2) is 4.34 Å². The number of rotatable bonds is 4. The van der Waals surface area contributed by atoms with Gasteiger partial charge in [-0.15, -0.1) is 11.3 Å². The van der Waals surface area contributed by atoms with Gasteiger partial charge in [0.25, 0.3) is 0 Å². The summed E-state index contributed by atoms with van der Waals surface area (Å²) < 4.78 is 2.33. The zero-order valence-corrected chi connectivity index (χ0v) is 14.8. The minimum absolute atomic E-state index is 0.246. The summed E-state index contributed by atoms with van der Waals surface area (Å²) in [6.07, 6.45) is 7.04. The molecule has 0 spiro atoms. The second-order valence-electron chi connectivity index (χ2n) is 5.97. The molecule has 1 N–H and O–H groups in total. The summed E-state index contributed by atoms with van der Waals surface area (Å²) in [7, 11) is 0. The van der Waals surface area contributed by atoms with Crippen molar-refractivity contribution in [3.63, 3.8) is 0 Å². The van der Waals surface area contributed by atoms with Crippen molar-refractivity contribution in [2.24, 2.45) is 4.99 Å². The first-order valence-electron chi connectivity index (χ1n) is 8.17. The Morgan fingerprint density at radius 3 is 2.83 bits per heavy atom. The average molecular weight is 355 g/mol. The second-order valence-corrected chi connectivity index (χ2v) is 8.55. The summed E-state index contributed by atoms with van der Waals surface area (Å²) in [6, 6.07) is 13.3. The third-order valence-electron chi connectivity index (χ3n) is 4.21.